The Morgan fingerprint density at radius 2 is 1.26 bits per heavy atom. The van der Waals surface area contributed by atoms with E-state index in [1.807, 2.05) is 0 Å². The summed E-state index contributed by atoms with van der Waals surface area (Å²) in [5.41, 5.74) is 14.0. The van der Waals surface area contributed by atoms with Crippen LogP contribution in [0.1, 0.15) is 54.2 Å². The number of rotatable bonds is 1. The van der Waals surface area contributed by atoms with E-state index in [9.17, 15) is 0 Å². The van der Waals surface area contributed by atoms with Gasteiger partial charge < -0.3 is 0 Å². The fourth-order valence-corrected chi connectivity index (χ4v) is 6.87. The molecule has 0 saturated heterocycles. The third kappa shape index (κ3) is 2.36. The van der Waals surface area contributed by atoms with E-state index in [1.165, 1.54) is 59.2 Å². The zero-order valence-corrected chi connectivity index (χ0v) is 20.5. The van der Waals surface area contributed by atoms with Crippen LogP contribution >= 0.6 is 22.6 Å². The van der Waals surface area contributed by atoms with Gasteiger partial charge in [0.1, 0.15) is 0 Å². The van der Waals surface area contributed by atoms with Gasteiger partial charge >= 0.3 is 0 Å². The lowest BCUT2D eigenvalue weighted by Gasteiger charge is -2.31. The van der Waals surface area contributed by atoms with E-state index in [2.05, 4.69) is 129 Å². The maximum Gasteiger partial charge on any atom is 0.0442 e. The molecule has 4 aromatic carbocycles. The minimum atomic E-state index is -0.181. The first kappa shape index (κ1) is 19.3. The summed E-state index contributed by atoms with van der Waals surface area (Å²) in [6.45, 7) is 9.47. The van der Waals surface area contributed by atoms with E-state index >= 15 is 0 Å². The molecule has 1 atom stereocenters. The number of fused-ring (bicyclic) bond motifs is 6. The first-order valence-corrected chi connectivity index (χ1v) is 12.1. The Labute approximate surface area is 198 Å². The first-order chi connectivity index (χ1) is 14.8. The number of aryl methyl sites for hydroxylation is 1. The molecule has 0 aliphatic heterocycles. The lowest BCUT2D eigenvalue weighted by Crippen LogP contribution is -2.24. The first-order valence-electron chi connectivity index (χ1n) is 11.0. The monoisotopic (exact) mass is 512 g/mol. The van der Waals surface area contributed by atoms with Crippen molar-refractivity contribution in [3.63, 3.8) is 0 Å². The van der Waals surface area contributed by atoms with Crippen LogP contribution in [0.4, 0.5) is 0 Å². The second-order valence-electron chi connectivity index (χ2n) is 9.71. The van der Waals surface area contributed by atoms with Gasteiger partial charge in [-0.15, -0.1) is 0 Å². The molecule has 0 aromatic heterocycles. The van der Waals surface area contributed by atoms with Crippen LogP contribution < -0.4 is 0 Å². The van der Waals surface area contributed by atoms with Crippen LogP contribution in [0.25, 0.3) is 22.3 Å². The van der Waals surface area contributed by atoms with E-state index < -0.39 is 0 Å². The number of halogens is 1. The van der Waals surface area contributed by atoms with Crippen LogP contribution in [0.2, 0.25) is 0 Å². The van der Waals surface area contributed by atoms with E-state index in [4.69, 9.17) is 0 Å². The highest BCUT2D eigenvalue weighted by Crippen LogP contribution is 2.58. The highest BCUT2D eigenvalue weighted by Gasteiger charge is 2.46. The quantitative estimate of drug-likeness (QED) is 0.225. The fourth-order valence-electron chi connectivity index (χ4n) is 6.37. The molecule has 2 aliphatic rings. The molecule has 0 saturated carbocycles. The lowest BCUT2D eigenvalue weighted by atomic mass is 9.71. The summed E-state index contributed by atoms with van der Waals surface area (Å²) in [7, 11) is 0. The Hall–Kier alpha value is -2.39. The van der Waals surface area contributed by atoms with Crippen molar-refractivity contribution < 1.29 is 0 Å². The number of hydrogen-bond acceptors (Lipinski definition) is 0. The molecule has 1 unspecified atom stereocenters. The maximum atomic E-state index is 2.46. The normalized spacial score (nSPS) is 19.5. The molecule has 0 bridgehead atoms. The van der Waals surface area contributed by atoms with Crippen molar-refractivity contribution in [2.45, 2.75) is 38.5 Å². The molecule has 2 aliphatic carbocycles. The van der Waals surface area contributed by atoms with Gasteiger partial charge in [-0.2, -0.15) is 0 Å². The van der Waals surface area contributed by atoms with Crippen LogP contribution in [-0.2, 0) is 10.8 Å². The van der Waals surface area contributed by atoms with Gasteiger partial charge in [0.2, 0.25) is 0 Å². The molecule has 4 aromatic rings. The van der Waals surface area contributed by atoms with Crippen LogP contribution in [0.15, 0.2) is 78.9 Å². The average Bonchev–Trinajstić information content (AvgIpc) is 3.16. The summed E-state index contributed by atoms with van der Waals surface area (Å²) in [5.74, 6) is 0. The molecule has 31 heavy (non-hydrogen) atoms. The molecule has 1 heteroatoms. The van der Waals surface area contributed by atoms with E-state index in [0.29, 0.717) is 0 Å². The SMILES string of the molecule is Cc1cccc2c1C(C)(C)c1cccc(C3(C)c4ccccc4-c4ccc(I)cc43)c1-2. The summed E-state index contributed by atoms with van der Waals surface area (Å²) < 4.78 is 1.29. The van der Waals surface area contributed by atoms with Crippen LogP contribution in [0.3, 0.4) is 0 Å². The topological polar surface area (TPSA) is 0 Å². The van der Waals surface area contributed by atoms with Crippen molar-refractivity contribution in [2.75, 3.05) is 0 Å². The zero-order chi connectivity index (χ0) is 21.5. The Morgan fingerprint density at radius 3 is 2.10 bits per heavy atom. The Balaban J connectivity index is 1.75. The molecule has 0 N–H and O–H groups in total. The van der Waals surface area contributed by atoms with Gasteiger partial charge in [0.05, 0.1) is 0 Å². The van der Waals surface area contributed by atoms with Crippen molar-refractivity contribution in [3.05, 3.63) is 116 Å². The molecule has 0 spiro atoms. The summed E-state index contributed by atoms with van der Waals surface area (Å²) in [5, 5.41) is 0. The van der Waals surface area contributed by atoms with Crippen LogP contribution in [0, 0.1) is 10.5 Å². The summed E-state index contributed by atoms with van der Waals surface area (Å²) in [4.78, 5) is 0. The fraction of sp³-hybridized carbons (Fsp3) is 0.200. The predicted molar refractivity (Wildman–Crippen MR) is 139 cm³/mol. The number of hydrogen-bond donors (Lipinski definition) is 0. The largest absolute Gasteiger partial charge is 0.0619 e. The Morgan fingerprint density at radius 1 is 0.613 bits per heavy atom. The summed E-state index contributed by atoms with van der Waals surface area (Å²) >= 11 is 2.46. The molecule has 152 valence electrons. The third-order valence-corrected chi connectivity index (χ3v) is 8.39. The Bertz CT molecular complexity index is 1390. The minimum Gasteiger partial charge on any atom is -0.0619 e. The third-order valence-electron chi connectivity index (χ3n) is 7.72. The minimum absolute atomic E-state index is 0.00838. The molecule has 0 nitrogen and oxygen atoms in total. The van der Waals surface area contributed by atoms with Gasteiger partial charge in [0.25, 0.3) is 0 Å². The second kappa shape index (κ2) is 6.32. The molecule has 6 rings (SSSR count). The van der Waals surface area contributed by atoms with Crippen molar-refractivity contribution in [3.8, 4) is 22.3 Å². The van der Waals surface area contributed by atoms with E-state index in [-0.39, 0.29) is 10.8 Å². The highest BCUT2D eigenvalue weighted by molar-refractivity contribution is 14.1. The van der Waals surface area contributed by atoms with E-state index in [0.717, 1.165) is 0 Å². The van der Waals surface area contributed by atoms with Crippen molar-refractivity contribution in [2.24, 2.45) is 0 Å². The van der Waals surface area contributed by atoms with Crippen LogP contribution in [0.5, 0.6) is 0 Å². The van der Waals surface area contributed by atoms with Gasteiger partial charge in [-0.1, -0.05) is 80.6 Å². The van der Waals surface area contributed by atoms with Crippen molar-refractivity contribution in [1.29, 1.82) is 0 Å². The van der Waals surface area contributed by atoms with Crippen LogP contribution in [-0.4, -0.2) is 0 Å². The van der Waals surface area contributed by atoms with Gasteiger partial charge in [-0.05, 0) is 104 Å². The molecular formula is C30H25I. The predicted octanol–water partition coefficient (Wildman–Crippen LogP) is 8.24. The summed E-state index contributed by atoms with van der Waals surface area (Å²) in [6, 6.07) is 29.7. The average molecular weight is 512 g/mol. The molecule has 0 heterocycles. The Kier molecular flexibility index (Phi) is 3.94. The highest BCUT2D eigenvalue weighted by atomic mass is 127. The van der Waals surface area contributed by atoms with Crippen molar-refractivity contribution in [1.82, 2.24) is 0 Å². The molecule has 0 radical (unpaired) electrons. The van der Waals surface area contributed by atoms with Crippen molar-refractivity contribution >= 4 is 22.6 Å². The standard InChI is InChI=1S/C30H25I/c1-18-9-7-11-22-27-24(29(2,3)28(18)22)13-8-14-25(27)30(4)23-12-6-5-10-20(23)21-16-15-19(31)17-26(21)30/h5-17H,1-4H3. The molecule has 0 fully saturated rings. The molecular weight excluding hydrogens is 487 g/mol. The number of benzene rings is 4. The van der Waals surface area contributed by atoms with Gasteiger partial charge in [0, 0.05) is 14.4 Å². The smallest absolute Gasteiger partial charge is 0.0442 e. The van der Waals surface area contributed by atoms with Gasteiger partial charge in [-0.25, -0.2) is 0 Å². The summed E-state index contributed by atoms with van der Waals surface area (Å²) in [6.07, 6.45) is 0. The molecule has 0 amide bonds. The zero-order valence-electron chi connectivity index (χ0n) is 18.4. The lowest BCUT2D eigenvalue weighted by molar-refractivity contribution is 0.652. The van der Waals surface area contributed by atoms with Gasteiger partial charge in [0.15, 0.2) is 0 Å². The van der Waals surface area contributed by atoms with Gasteiger partial charge in [-0.3, -0.25) is 0 Å². The van der Waals surface area contributed by atoms with E-state index in [1.54, 1.807) is 0 Å². The second-order valence-corrected chi connectivity index (χ2v) is 11.0. The maximum absolute atomic E-state index is 2.46.